The van der Waals surface area contributed by atoms with E-state index in [1.54, 1.807) is 16.2 Å². The number of likely N-dealkylation sites (tertiary alicyclic amines) is 1. The van der Waals surface area contributed by atoms with Gasteiger partial charge in [0.25, 0.3) is 0 Å². The average molecular weight is 548 g/mol. The lowest BCUT2D eigenvalue weighted by Gasteiger charge is -2.31. The van der Waals surface area contributed by atoms with Gasteiger partial charge < -0.3 is 4.90 Å². The van der Waals surface area contributed by atoms with Crippen molar-refractivity contribution in [2.45, 2.75) is 57.7 Å². The Morgan fingerprint density at radius 1 is 1.21 bits per heavy atom. The maximum absolute atomic E-state index is 12.9. The molecule has 1 saturated heterocycles. The van der Waals surface area contributed by atoms with Gasteiger partial charge in [0, 0.05) is 30.1 Å². The Kier molecular flexibility index (Phi) is 9.22. The number of nitrogens with one attached hydrogen (secondary N) is 1. The normalized spacial score (nSPS) is 14.6. The molecule has 4 rings (SSSR count). The maximum atomic E-state index is 12.9. The summed E-state index contributed by atoms with van der Waals surface area (Å²) in [5, 5.41) is 6.48. The second-order valence-electron chi connectivity index (χ2n) is 9.42. The number of alkyl halides is 3. The van der Waals surface area contributed by atoms with Gasteiger partial charge in [0.05, 0.1) is 23.0 Å². The highest BCUT2D eigenvalue weighted by atomic mass is 32.1. The van der Waals surface area contributed by atoms with Crippen LogP contribution >= 0.6 is 11.3 Å². The van der Waals surface area contributed by atoms with Crippen LogP contribution in [0.15, 0.2) is 48.4 Å². The number of hydroxylamine groups is 1. The molecule has 3 aromatic rings. The highest BCUT2D eigenvalue weighted by Gasteiger charge is 2.35. The van der Waals surface area contributed by atoms with E-state index in [0.29, 0.717) is 31.1 Å². The number of aromatic nitrogens is 3. The summed E-state index contributed by atoms with van der Waals surface area (Å²) in [6.07, 6.45) is -0.0638. The quantitative estimate of drug-likeness (QED) is 0.250. The summed E-state index contributed by atoms with van der Waals surface area (Å²) >= 11 is 1.56. The Bertz CT molecular complexity index is 1220. The Balaban J connectivity index is 1.17. The van der Waals surface area contributed by atoms with Crippen molar-refractivity contribution in [1.82, 2.24) is 25.1 Å². The van der Waals surface area contributed by atoms with Crippen LogP contribution in [0, 0.1) is 6.92 Å². The first kappa shape index (κ1) is 27.8. The molecule has 0 bridgehead atoms. The van der Waals surface area contributed by atoms with Crippen molar-refractivity contribution in [2.24, 2.45) is 0 Å². The van der Waals surface area contributed by atoms with Crippen LogP contribution in [0.2, 0.25) is 0 Å². The van der Waals surface area contributed by atoms with E-state index in [2.05, 4.69) is 29.3 Å². The number of hydrogen-bond donors (Lipinski definition) is 1. The number of nitrogens with zero attached hydrogens (tertiary/aromatic N) is 4. The first-order valence-electron chi connectivity index (χ1n) is 12.7. The van der Waals surface area contributed by atoms with Crippen LogP contribution in [-0.4, -0.2) is 45.3 Å². The van der Waals surface area contributed by atoms with Crippen molar-refractivity contribution in [3.8, 4) is 0 Å². The van der Waals surface area contributed by atoms with Crippen molar-refractivity contribution in [3.63, 3.8) is 0 Å². The molecule has 38 heavy (non-hydrogen) atoms. The van der Waals surface area contributed by atoms with E-state index in [9.17, 15) is 18.0 Å². The highest BCUT2D eigenvalue weighted by molar-refractivity contribution is 7.09. The number of rotatable bonds is 11. The topological polar surface area (TPSA) is 72.3 Å². The molecule has 0 saturated carbocycles. The molecular formula is C27H32F3N5O2S. The van der Waals surface area contributed by atoms with Gasteiger partial charge in [-0.15, -0.1) is 11.3 Å². The standard InChI is InChI=1S/C27H32F3N5O2S/c1-19-16-24(27(28,29)30)32-35(19)17-25(36)34-13-11-22(12-14-34)26-31-23(18-38-26)20(2)33-37-15-7-6-10-21-8-4-3-5-9-21/h3-5,8-9,16,18,22,33H,2,6-7,10-15,17H2,1H3. The first-order chi connectivity index (χ1) is 18.2. The number of carbonyl (C=O) groups excluding carboxylic acids is 1. The van der Waals surface area contributed by atoms with Crippen LogP contribution in [0.25, 0.3) is 5.70 Å². The number of thiazole rings is 1. The summed E-state index contributed by atoms with van der Waals surface area (Å²) in [5.41, 5.74) is 4.89. The lowest BCUT2D eigenvalue weighted by atomic mass is 9.97. The van der Waals surface area contributed by atoms with E-state index in [1.165, 1.54) is 12.5 Å². The summed E-state index contributed by atoms with van der Waals surface area (Å²) in [6.45, 7) is 6.96. The van der Waals surface area contributed by atoms with Crippen LogP contribution in [0.4, 0.5) is 13.2 Å². The summed E-state index contributed by atoms with van der Waals surface area (Å²) in [4.78, 5) is 24.7. The molecule has 1 aromatic carbocycles. The van der Waals surface area contributed by atoms with E-state index in [-0.39, 0.29) is 18.4 Å². The van der Waals surface area contributed by atoms with Gasteiger partial charge in [0.2, 0.25) is 5.91 Å². The van der Waals surface area contributed by atoms with Gasteiger partial charge in [0.1, 0.15) is 6.54 Å². The van der Waals surface area contributed by atoms with Crippen LogP contribution in [0.3, 0.4) is 0 Å². The second-order valence-corrected chi connectivity index (χ2v) is 10.3. The second kappa shape index (κ2) is 12.6. The molecule has 0 spiro atoms. The minimum absolute atomic E-state index is 0.203. The van der Waals surface area contributed by atoms with Gasteiger partial charge in [-0.2, -0.15) is 18.3 Å². The van der Waals surface area contributed by atoms with E-state index in [0.717, 1.165) is 53.6 Å². The first-order valence-corrected chi connectivity index (χ1v) is 13.5. The third kappa shape index (κ3) is 7.44. The molecule has 0 radical (unpaired) electrons. The monoisotopic (exact) mass is 547 g/mol. The molecular weight excluding hydrogens is 515 g/mol. The number of carbonyl (C=O) groups is 1. The Morgan fingerprint density at radius 2 is 1.95 bits per heavy atom. The number of benzene rings is 1. The number of piperidine rings is 1. The molecule has 1 N–H and O–H groups in total. The number of hydrogen-bond acceptors (Lipinski definition) is 6. The zero-order chi connectivity index (χ0) is 27.1. The fraction of sp³-hybridized carbons (Fsp3) is 0.444. The minimum atomic E-state index is -4.53. The van der Waals surface area contributed by atoms with Crippen LogP contribution in [0.1, 0.15) is 59.3 Å². The van der Waals surface area contributed by atoms with Gasteiger partial charge in [-0.05, 0) is 50.7 Å². The van der Waals surface area contributed by atoms with Gasteiger partial charge in [0.15, 0.2) is 5.69 Å². The lowest BCUT2D eigenvalue weighted by Crippen LogP contribution is -2.40. The summed E-state index contributed by atoms with van der Waals surface area (Å²) in [7, 11) is 0. The van der Waals surface area contributed by atoms with E-state index in [1.807, 2.05) is 23.6 Å². The molecule has 1 aliphatic heterocycles. The molecule has 2 aromatic heterocycles. The SMILES string of the molecule is C=C(NOCCCCc1ccccc1)c1csc(C2CCN(C(=O)Cn3nc(C(F)(F)F)cc3C)CC2)n1. The Morgan fingerprint density at radius 3 is 2.63 bits per heavy atom. The van der Waals surface area contributed by atoms with Crippen LogP contribution < -0.4 is 5.48 Å². The van der Waals surface area contributed by atoms with Crippen molar-refractivity contribution in [3.05, 3.63) is 76.0 Å². The van der Waals surface area contributed by atoms with Crippen molar-refractivity contribution in [1.29, 1.82) is 0 Å². The predicted molar refractivity (Wildman–Crippen MR) is 140 cm³/mol. The molecule has 1 amide bonds. The molecule has 204 valence electrons. The largest absolute Gasteiger partial charge is 0.435 e. The number of halogens is 3. The molecule has 7 nitrogen and oxygen atoms in total. The number of unbranched alkanes of at least 4 members (excludes halogenated alkanes) is 1. The van der Waals surface area contributed by atoms with Gasteiger partial charge in [-0.1, -0.05) is 36.9 Å². The van der Waals surface area contributed by atoms with Crippen molar-refractivity contribution >= 4 is 22.9 Å². The predicted octanol–water partition coefficient (Wildman–Crippen LogP) is 5.59. The summed E-state index contributed by atoms with van der Waals surface area (Å²) in [5.74, 6) is -0.0190. The lowest BCUT2D eigenvalue weighted by molar-refractivity contribution is -0.142. The zero-order valence-corrected chi connectivity index (χ0v) is 22.2. The average Bonchev–Trinajstić information content (AvgIpc) is 3.54. The summed E-state index contributed by atoms with van der Waals surface area (Å²) in [6, 6.07) is 11.3. The number of aryl methyl sites for hydroxylation is 2. The third-order valence-corrected chi connectivity index (χ3v) is 7.59. The molecule has 11 heteroatoms. The maximum Gasteiger partial charge on any atom is 0.435 e. The van der Waals surface area contributed by atoms with Crippen molar-refractivity contribution < 1.29 is 22.8 Å². The van der Waals surface area contributed by atoms with E-state index in [4.69, 9.17) is 9.82 Å². The molecule has 0 atom stereocenters. The molecule has 0 aliphatic carbocycles. The van der Waals surface area contributed by atoms with Crippen LogP contribution in [-0.2, 0) is 28.8 Å². The third-order valence-electron chi connectivity index (χ3n) is 6.58. The Labute approximate surface area is 224 Å². The highest BCUT2D eigenvalue weighted by Crippen LogP contribution is 2.32. The van der Waals surface area contributed by atoms with Crippen LogP contribution in [0.5, 0.6) is 0 Å². The Hall–Kier alpha value is -3.18. The fourth-order valence-corrected chi connectivity index (χ4v) is 5.37. The van der Waals surface area contributed by atoms with Gasteiger partial charge >= 0.3 is 6.18 Å². The fourth-order valence-electron chi connectivity index (χ4n) is 4.36. The molecule has 3 heterocycles. The minimum Gasteiger partial charge on any atom is -0.341 e. The smallest absolute Gasteiger partial charge is 0.341 e. The molecule has 1 aliphatic rings. The number of amides is 1. The van der Waals surface area contributed by atoms with Crippen molar-refractivity contribution in [2.75, 3.05) is 19.7 Å². The van der Waals surface area contributed by atoms with E-state index >= 15 is 0 Å². The summed E-state index contributed by atoms with van der Waals surface area (Å²) < 4.78 is 39.8. The molecule has 1 fully saturated rings. The van der Waals surface area contributed by atoms with Gasteiger partial charge in [-0.3, -0.25) is 19.8 Å². The van der Waals surface area contributed by atoms with E-state index < -0.39 is 11.9 Å². The van der Waals surface area contributed by atoms with Gasteiger partial charge in [-0.25, -0.2) is 4.98 Å². The zero-order valence-electron chi connectivity index (χ0n) is 21.3. The molecule has 0 unspecified atom stereocenters.